The molecule has 2 aromatic rings. The van der Waals surface area contributed by atoms with Crippen molar-refractivity contribution in [1.29, 1.82) is 0 Å². The zero-order valence-electron chi connectivity index (χ0n) is 12.4. The molecular formula is C17H15ClN2O3. The van der Waals surface area contributed by atoms with E-state index in [1.54, 1.807) is 24.5 Å². The molecule has 0 unspecified atom stereocenters. The summed E-state index contributed by atoms with van der Waals surface area (Å²) in [5.41, 5.74) is 1.64. The Morgan fingerprint density at radius 1 is 1.26 bits per heavy atom. The fourth-order valence-corrected chi connectivity index (χ4v) is 3.46. The van der Waals surface area contributed by atoms with Gasteiger partial charge < -0.3 is 14.4 Å². The number of ether oxygens (including phenoxy) is 2. The molecule has 3 heterocycles. The van der Waals surface area contributed by atoms with Crippen molar-refractivity contribution in [3.8, 4) is 11.5 Å². The van der Waals surface area contributed by atoms with Gasteiger partial charge in [-0.2, -0.15) is 0 Å². The number of halogens is 1. The molecule has 23 heavy (non-hydrogen) atoms. The fraction of sp³-hybridized carbons (Fsp3) is 0.294. The lowest BCUT2D eigenvalue weighted by Crippen LogP contribution is -2.30. The van der Waals surface area contributed by atoms with E-state index in [4.69, 9.17) is 21.1 Å². The van der Waals surface area contributed by atoms with Crippen LogP contribution in [0.25, 0.3) is 0 Å². The number of likely N-dealkylation sites (tertiary alicyclic amines) is 1. The van der Waals surface area contributed by atoms with Gasteiger partial charge in [0.05, 0.1) is 11.1 Å². The summed E-state index contributed by atoms with van der Waals surface area (Å²) < 4.78 is 10.7. The van der Waals surface area contributed by atoms with Crippen LogP contribution in [0.2, 0.25) is 5.02 Å². The summed E-state index contributed by atoms with van der Waals surface area (Å²) >= 11 is 6.19. The van der Waals surface area contributed by atoms with Gasteiger partial charge in [0, 0.05) is 24.5 Å². The van der Waals surface area contributed by atoms with E-state index in [1.165, 1.54) is 0 Å². The van der Waals surface area contributed by atoms with Gasteiger partial charge >= 0.3 is 0 Å². The van der Waals surface area contributed by atoms with Gasteiger partial charge in [0.1, 0.15) is 0 Å². The highest BCUT2D eigenvalue weighted by Crippen LogP contribution is 2.41. The number of carbonyl (C=O) groups excluding carboxylic acids is 1. The van der Waals surface area contributed by atoms with Crippen molar-refractivity contribution < 1.29 is 14.3 Å². The standard InChI is InChI=1S/C17H15ClN2O3/c18-13-8-12(9-15-16(13)23-10-22-15)17(21)20-7-1-2-14(20)11-3-5-19-6-4-11/h3-6,8-9,14H,1-2,7,10H2/t14-/m1/s1. The molecule has 0 spiro atoms. The highest BCUT2D eigenvalue weighted by atomic mass is 35.5. The molecule has 2 aliphatic rings. The third-order valence-electron chi connectivity index (χ3n) is 4.28. The lowest BCUT2D eigenvalue weighted by molar-refractivity contribution is 0.0735. The van der Waals surface area contributed by atoms with Crippen molar-refractivity contribution >= 4 is 17.5 Å². The van der Waals surface area contributed by atoms with Crippen LogP contribution in [0.4, 0.5) is 0 Å². The molecule has 1 atom stereocenters. The molecule has 6 heteroatoms. The van der Waals surface area contributed by atoms with Gasteiger partial charge in [0.2, 0.25) is 6.79 Å². The molecule has 0 radical (unpaired) electrons. The minimum absolute atomic E-state index is 0.0375. The average Bonchev–Trinajstić information content (AvgIpc) is 3.24. The second kappa shape index (κ2) is 5.74. The Bertz CT molecular complexity index is 751. The molecule has 5 nitrogen and oxygen atoms in total. The summed E-state index contributed by atoms with van der Waals surface area (Å²) in [6.45, 7) is 0.869. The van der Waals surface area contributed by atoms with E-state index >= 15 is 0 Å². The van der Waals surface area contributed by atoms with Gasteiger partial charge in [0.15, 0.2) is 11.5 Å². The van der Waals surface area contributed by atoms with E-state index in [1.807, 2.05) is 17.0 Å². The van der Waals surface area contributed by atoms with Crippen LogP contribution in [0.5, 0.6) is 11.5 Å². The number of hydrogen-bond acceptors (Lipinski definition) is 4. The van der Waals surface area contributed by atoms with Crippen LogP contribution >= 0.6 is 11.6 Å². The van der Waals surface area contributed by atoms with E-state index in [9.17, 15) is 4.79 Å². The Kier molecular flexibility index (Phi) is 3.58. The quantitative estimate of drug-likeness (QED) is 0.846. The molecule has 0 N–H and O–H groups in total. The largest absolute Gasteiger partial charge is 0.454 e. The van der Waals surface area contributed by atoms with Crippen molar-refractivity contribution in [3.05, 3.63) is 52.8 Å². The fourth-order valence-electron chi connectivity index (χ4n) is 3.20. The van der Waals surface area contributed by atoms with Crippen LogP contribution in [-0.2, 0) is 0 Å². The number of fused-ring (bicyclic) bond motifs is 1. The molecule has 118 valence electrons. The van der Waals surface area contributed by atoms with E-state index in [-0.39, 0.29) is 18.7 Å². The lowest BCUT2D eigenvalue weighted by Gasteiger charge is -2.25. The van der Waals surface area contributed by atoms with E-state index in [0.29, 0.717) is 22.1 Å². The van der Waals surface area contributed by atoms with E-state index < -0.39 is 0 Å². The molecule has 1 fully saturated rings. The van der Waals surface area contributed by atoms with Gasteiger partial charge in [-0.1, -0.05) is 11.6 Å². The molecule has 1 amide bonds. The zero-order chi connectivity index (χ0) is 15.8. The number of pyridine rings is 1. The first-order valence-corrected chi connectivity index (χ1v) is 7.92. The number of aromatic nitrogens is 1. The maximum atomic E-state index is 12.9. The first-order valence-electron chi connectivity index (χ1n) is 7.54. The number of benzene rings is 1. The number of nitrogens with zero attached hydrogens (tertiary/aromatic N) is 2. The minimum atomic E-state index is -0.0375. The molecule has 4 rings (SSSR count). The van der Waals surface area contributed by atoms with Crippen molar-refractivity contribution in [2.24, 2.45) is 0 Å². The topological polar surface area (TPSA) is 51.7 Å². The van der Waals surface area contributed by atoms with Crippen LogP contribution in [0.1, 0.15) is 34.8 Å². The SMILES string of the molecule is O=C(c1cc(Cl)c2c(c1)OCO2)N1CCC[C@@H]1c1ccncc1. The number of rotatable bonds is 2. The second-order valence-corrected chi connectivity index (χ2v) is 6.04. The summed E-state index contributed by atoms with van der Waals surface area (Å²) in [7, 11) is 0. The molecule has 0 bridgehead atoms. The highest BCUT2D eigenvalue weighted by molar-refractivity contribution is 6.32. The monoisotopic (exact) mass is 330 g/mol. The smallest absolute Gasteiger partial charge is 0.254 e. The Morgan fingerprint density at radius 3 is 2.91 bits per heavy atom. The van der Waals surface area contributed by atoms with Crippen molar-refractivity contribution in [1.82, 2.24) is 9.88 Å². The molecule has 1 saturated heterocycles. The van der Waals surface area contributed by atoms with E-state index in [0.717, 1.165) is 24.9 Å². The number of amides is 1. The van der Waals surface area contributed by atoms with Gasteiger partial charge in [-0.15, -0.1) is 0 Å². The Hall–Kier alpha value is -2.27. The zero-order valence-corrected chi connectivity index (χ0v) is 13.1. The maximum absolute atomic E-state index is 12.9. The van der Waals surface area contributed by atoms with Crippen LogP contribution in [0.15, 0.2) is 36.7 Å². The maximum Gasteiger partial charge on any atom is 0.254 e. The Balaban J connectivity index is 1.65. The van der Waals surface area contributed by atoms with E-state index in [2.05, 4.69) is 4.98 Å². The summed E-state index contributed by atoms with van der Waals surface area (Å²) in [5, 5.41) is 0.406. The molecule has 0 aliphatic carbocycles. The van der Waals surface area contributed by atoms with Crippen LogP contribution < -0.4 is 9.47 Å². The second-order valence-electron chi connectivity index (χ2n) is 5.63. The molecule has 1 aromatic heterocycles. The van der Waals surface area contributed by atoms with Crippen molar-refractivity contribution in [3.63, 3.8) is 0 Å². The first-order chi connectivity index (χ1) is 11.2. The van der Waals surface area contributed by atoms with Crippen LogP contribution in [-0.4, -0.2) is 29.1 Å². The first kappa shape index (κ1) is 14.3. The average molecular weight is 331 g/mol. The highest BCUT2D eigenvalue weighted by Gasteiger charge is 2.32. The summed E-state index contributed by atoms with van der Waals surface area (Å²) in [6, 6.07) is 7.36. The predicted molar refractivity (Wildman–Crippen MR) is 84.8 cm³/mol. The Morgan fingerprint density at radius 2 is 2.09 bits per heavy atom. The van der Waals surface area contributed by atoms with Gasteiger partial charge in [0.25, 0.3) is 5.91 Å². The molecule has 2 aliphatic heterocycles. The number of carbonyl (C=O) groups is 1. The van der Waals surface area contributed by atoms with Crippen molar-refractivity contribution in [2.75, 3.05) is 13.3 Å². The lowest BCUT2D eigenvalue weighted by atomic mass is 10.1. The van der Waals surface area contributed by atoms with Gasteiger partial charge in [-0.3, -0.25) is 9.78 Å². The van der Waals surface area contributed by atoms with Crippen LogP contribution in [0.3, 0.4) is 0 Å². The molecule has 1 aromatic carbocycles. The molecular weight excluding hydrogens is 316 g/mol. The summed E-state index contributed by atoms with van der Waals surface area (Å²) in [6.07, 6.45) is 5.45. The van der Waals surface area contributed by atoms with Gasteiger partial charge in [-0.25, -0.2) is 0 Å². The third-order valence-corrected chi connectivity index (χ3v) is 4.56. The minimum Gasteiger partial charge on any atom is -0.454 e. The predicted octanol–water partition coefficient (Wildman–Crippen LogP) is 3.44. The van der Waals surface area contributed by atoms with Crippen LogP contribution in [0, 0.1) is 0 Å². The number of hydrogen-bond donors (Lipinski definition) is 0. The summed E-state index contributed by atoms with van der Waals surface area (Å²) in [5.74, 6) is 1.00. The third kappa shape index (κ3) is 2.51. The molecule has 0 saturated carbocycles. The summed E-state index contributed by atoms with van der Waals surface area (Å²) in [4.78, 5) is 18.9. The van der Waals surface area contributed by atoms with Gasteiger partial charge in [-0.05, 0) is 42.7 Å². The Labute approximate surface area is 138 Å². The van der Waals surface area contributed by atoms with Crippen molar-refractivity contribution in [2.45, 2.75) is 18.9 Å². The normalized spacial score (nSPS) is 19.2.